The van der Waals surface area contributed by atoms with Gasteiger partial charge in [-0.1, -0.05) is 48.5 Å². The van der Waals surface area contributed by atoms with Crippen molar-refractivity contribution >= 4 is 22.4 Å². The van der Waals surface area contributed by atoms with Gasteiger partial charge in [-0.15, -0.1) is 10.2 Å². The van der Waals surface area contributed by atoms with Gasteiger partial charge in [0.15, 0.2) is 5.76 Å². The van der Waals surface area contributed by atoms with Crippen LogP contribution in [0.4, 0.5) is 5.69 Å². The number of carbonyl (C=O) groups is 1. The Balaban J connectivity index is 1.63. The zero-order chi connectivity index (χ0) is 19.6. The second kappa shape index (κ2) is 7.09. The maximum Gasteiger partial charge on any atom is 0.283 e. The summed E-state index contributed by atoms with van der Waals surface area (Å²) >= 11 is 0. The van der Waals surface area contributed by atoms with Crippen LogP contribution in [-0.4, -0.2) is 16.1 Å². The van der Waals surface area contributed by atoms with Crippen molar-refractivity contribution in [3.05, 3.63) is 90.7 Å². The van der Waals surface area contributed by atoms with Gasteiger partial charge in [-0.05, 0) is 41.1 Å². The summed E-state index contributed by atoms with van der Waals surface area (Å²) in [5.74, 6) is 0.849. The molecule has 2 aromatic heterocycles. The van der Waals surface area contributed by atoms with E-state index in [9.17, 15) is 4.79 Å². The summed E-state index contributed by atoms with van der Waals surface area (Å²) in [4.78, 5) is 12.7. The molecule has 0 spiro atoms. The molecule has 0 bridgehead atoms. The minimum Gasteiger partial charge on any atom is -0.459 e. The minimum atomic E-state index is -0.215. The molecule has 0 aliphatic rings. The number of rotatable bonds is 4. The Morgan fingerprint density at radius 1 is 0.793 bits per heavy atom. The molecule has 0 saturated heterocycles. The predicted octanol–water partition coefficient (Wildman–Crippen LogP) is 5.40. The number of amides is 1. The topological polar surface area (TPSA) is 81.2 Å². The van der Waals surface area contributed by atoms with Crippen molar-refractivity contribution in [3.63, 3.8) is 0 Å². The number of fused-ring (bicyclic) bond motifs is 1. The molecule has 6 heteroatoms. The third kappa shape index (κ3) is 3.17. The molecule has 0 fully saturated rings. The van der Waals surface area contributed by atoms with Gasteiger partial charge in [0.05, 0.1) is 17.5 Å². The van der Waals surface area contributed by atoms with E-state index >= 15 is 0 Å². The number of benzene rings is 3. The van der Waals surface area contributed by atoms with Gasteiger partial charge in [-0.25, -0.2) is 0 Å². The largest absolute Gasteiger partial charge is 0.459 e. The lowest BCUT2D eigenvalue weighted by Gasteiger charge is -2.12. The quantitative estimate of drug-likeness (QED) is 0.451. The van der Waals surface area contributed by atoms with Crippen LogP contribution in [0.15, 0.2) is 94.0 Å². The molecule has 5 rings (SSSR count). The third-order valence-electron chi connectivity index (χ3n) is 4.58. The van der Waals surface area contributed by atoms with E-state index in [1.807, 2.05) is 54.6 Å². The molecule has 0 radical (unpaired) electrons. The molecule has 140 valence electrons. The van der Waals surface area contributed by atoms with Crippen molar-refractivity contribution in [2.24, 2.45) is 0 Å². The van der Waals surface area contributed by atoms with E-state index in [1.165, 1.54) is 0 Å². The highest BCUT2D eigenvalue weighted by Crippen LogP contribution is 2.36. The molecule has 29 heavy (non-hydrogen) atoms. The Morgan fingerprint density at radius 2 is 1.59 bits per heavy atom. The fourth-order valence-electron chi connectivity index (χ4n) is 3.21. The van der Waals surface area contributed by atoms with Gasteiger partial charge in [0.1, 0.15) is 0 Å². The van der Waals surface area contributed by atoms with Crippen molar-refractivity contribution in [1.82, 2.24) is 10.2 Å². The number of hydrogen-bond donors (Lipinski definition) is 1. The van der Waals surface area contributed by atoms with Crippen molar-refractivity contribution in [3.8, 4) is 23.1 Å². The highest BCUT2D eigenvalue weighted by Gasteiger charge is 2.19. The van der Waals surface area contributed by atoms with Crippen LogP contribution in [0.5, 0.6) is 0 Å². The highest BCUT2D eigenvalue weighted by molar-refractivity contribution is 6.10. The van der Waals surface area contributed by atoms with Crippen LogP contribution in [-0.2, 0) is 0 Å². The number of hydrogen-bond acceptors (Lipinski definition) is 5. The average molecular weight is 381 g/mol. The molecule has 1 amide bonds. The number of aromatic nitrogens is 2. The molecule has 0 unspecified atom stereocenters. The van der Waals surface area contributed by atoms with E-state index in [4.69, 9.17) is 8.83 Å². The summed E-state index contributed by atoms with van der Waals surface area (Å²) < 4.78 is 11.2. The fourth-order valence-corrected chi connectivity index (χ4v) is 3.21. The molecule has 6 nitrogen and oxygen atoms in total. The molecule has 5 aromatic rings. The van der Waals surface area contributed by atoms with Crippen LogP contribution in [0.3, 0.4) is 0 Å². The first-order valence-electron chi connectivity index (χ1n) is 9.05. The number of anilines is 1. The maximum absolute atomic E-state index is 12.7. The van der Waals surface area contributed by atoms with E-state index in [0.717, 1.165) is 10.8 Å². The van der Waals surface area contributed by atoms with Crippen LogP contribution < -0.4 is 5.32 Å². The van der Waals surface area contributed by atoms with E-state index < -0.39 is 0 Å². The van der Waals surface area contributed by atoms with Crippen molar-refractivity contribution in [2.75, 3.05) is 5.32 Å². The van der Waals surface area contributed by atoms with Crippen LogP contribution in [0, 0.1) is 0 Å². The monoisotopic (exact) mass is 381 g/mol. The summed E-state index contributed by atoms with van der Waals surface area (Å²) in [7, 11) is 0. The fraction of sp³-hybridized carbons (Fsp3) is 0. The second-order valence-corrected chi connectivity index (χ2v) is 6.42. The molecule has 0 saturated carbocycles. The smallest absolute Gasteiger partial charge is 0.283 e. The van der Waals surface area contributed by atoms with E-state index in [-0.39, 0.29) is 11.8 Å². The number of carbonyl (C=O) groups excluding carboxylic acids is 1. The van der Waals surface area contributed by atoms with Crippen LogP contribution >= 0.6 is 0 Å². The highest BCUT2D eigenvalue weighted by atomic mass is 16.4. The second-order valence-electron chi connectivity index (χ2n) is 6.42. The molecule has 1 N–H and O–H groups in total. The Morgan fingerprint density at radius 3 is 2.41 bits per heavy atom. The van der Waals surface area contributed by atoms with Crippen molar-refractivity contribution < 1.29 is 13.6 Å². The summed E-state index contributed by atoms with van der Waals surface area (Å²) in [6.45, 7) is 0. The summed E-state index contributed by atoms with van der Waals surface area (Å²) in [6.07, 6.45) is 1.54. The number of nitrogens with one attached hydrogen (secondary N) is 1. The van der Waals surface area contributed by atoms with E-state index in [2.05, 4.69) is 15.5 Å². The standard InChI is InChI=1S/C23H15N3O3/c27-21(16-8-2-1-3-9-16)24-18-13-12-15-7-4-5-10-17(15)20(18)23-26-25-22(29-23)19-11-6-14-28-19/h1-14H,(H,24,27). The van der Waals surface area contributed by atoms with Crippen molar-refractivity contribution in [2.45, 2.75) is 0 Å². The third-order valence-corrected chi connectivity index (χ3v) is 4.58. The Kier molecular flexibility index (Phi) is 4.14. The Bertz CT molecular complexity index is 1290. The number of furan rings is 1. The molecule has 0 aliphatic carbocycles. The van der Waals surface area contributed by atoms with Gasteiger partial charge in [0, 0.05) is 5.56 Å². The molecule has 0 atom stereocenters. The first-order chi connectivity index (χ1) is 14.3. The SMILES string of the molecule is O=C(Nc1ccc2ccccc2c1-c1nnc(-c2ccco2)o1)c1ccccc1. The lowest BCUT2D eigenvalue weighted by Crippen LogP contribution is -2.12. The lowest BCUT2D eigenvalue weighted by atomic mass is 10.0. The molecule has 3 aromatic carbocycles. The Hall–Kier alpha value is -4.19. The first-order valence-corrected chi connectivity index (χ1v) is 9.05. The summed E-state index contributed by atoms with van der Waals surface area (Å²) in [5.41, 5.74) is 1.82. The summed E-state index contributed by atoms with van der Waals surface area (Å²) in [5, 5.41) is 13.2. The summed E-state index contributed by atoms with van der Waals surface area (Å²) in [6, 6.07) is 24.2. The first kappa shape index (κ1) is 16.9. The predicted molar refractivity (Wildman–Crippen MR) is 109 cm³/mol. The van der Waals surface area contributed by atoms with Gasteiger partial charge in [-0.2, -0.15) is 0 Å². The average Bonchev–Trinajstić information content (AvgIpc) is 3.46. The van der Waals surface area contributed by atoms with Gasteiger partial charge >= 0.3 is 0 Å². The molecule has 2 heterocycles. The van der Waals surface area contributed by atoms with E-state index in [1.54, 1.807) is 30.5 Å². The maximum atomic E-state index is 12.7. The molecular weight excluding hydrogens is 366 g/mol. The zero-order valence-corrected chi connectivity index (χ0v) is 15.2. The molecular formula is C23H15N3O3. The number of nitrogens with zero attached hydrogens (tertiary/aromatic N) is 2. The van der Waals surface area contributed by atoms with Crippen LogP contribution in [0.25, 0.3) is 33.9 Å². The molecule has 0 aliphatic heterocycles. The lowest BCUT2D eigenvalue weighted by molar-refractivity contribution is 0.102. The zero-order valence-electron chi connectivity index (χ0n) is 15.2. The minimum absolute atomic E-state index is 0.215. The van der Waals surface area contributed by atoms with Crippen molar-refractivity contribution in [1.29, 1.82) is 0 Å². The van der Waals surface area contributed by atoms with Gasteiger partial charge in [0.2, 0.25) is 0 Å². The van der Waals surface area contributed by atoms with E-state index in [0.29, 0.717) is 28.5 Å². The van der Waals surface area contributed by atoms with Crippen LogP contribution in [0.1, 0.15) is 10.4 Å². The van der Waals surface area contributed by atoms with Gasteiger partial charge in [-0.3, -0.25) is 4.79 Å². The van der Waals surface area contributed by atoms with Crippen LogP contribution in [0.2, 0.25) is 0 Å². The van der Waals surface area contributed by atoms with Gasteiger partial charge < -0.3 is 14.2 Å². The Labute approximate surface area is 165 Å². The van der Waals surface area contributed by atoms with Gasteiger partial charge in [0.25, 0.3) is 17.7 Å². The normalized spacial score (nSPS) is 10.9.